The Morgan fingerprint density at radius 3 is 2.27 bits per heavy atom. The van der Waals surface area contributed by atoms with Gasteiger partial charge in [0, 0.05) is 18.8 Å². The minimum atomic E-state index is -0.685. The Kier molecular flexibility index (Phi) is 5.25. The summed E-state index contributed by atoms with van der Waals surface area (Å²) >= 11 is 0. The molecule has 4 nitrogen and oxygen atoms in total. The topological polar surface area (TPSA) is 49.4 Å². The molecule has 0 fully saturated rings. The van der Waals surface area contributed by atoms with Crippen LogP contribution in [0.4, 0.5) is 10.1 Å². The van der Waals surface area contributed by atoms with E-state index in [9.17, 15) is 14.0 Å². The number of anilines is 1. The normalized spacial score (nSPS) is 10.1. The number of benzene rings is 2. The highest BCUT2D eigenvalue weighted by Crippen LogP contribution is 2.13. The predicted octanol–water partition coefficient (Wildman–Crippen LogP) is 2.50. The van der Waals surface area contributed by atoms with E-state index in [1.54, 1.807) is 31.2 Å². The van der Waals surface area contributed by atoms with Crippen molar-refractivity contribution in [2.24, 2.45) is 0 Å². The lowest BCUT2D eigenvalue weighted by molar-refractivity contribution is -0.137. The average Bonchev–Trinajstić information content (AvgIpc) is 2.55. The number of halogens is 1. The van der Waals surface area contributed by atoms with Gasteiger partial charge in [0.15, 0.2) is 0 Å². The number of carbonyl (C=O) groups is 2. The number of amides is 2. The maximum atomic E-state index is 12.8. The van der Waals surface area contributed by atoms with Gasteiger partial charge in [-0.05, 0) is 36.8 Å². The Morgan fingerprint density at radius 1 is 1.05 bits per heavy atom. The zero-order chi connectivity index (χ0) is 15.9. The van der Waals surface area contributed by atoms with E-state index in [0.717, 1.165) is 5.56 Å². The maximum Gasteiger partial charge on any atom is 0.316 e. The van der Waals surface area contributed by atoms with Crippen molar-refractivity contribution in [1.29, 1.82) is 0 Å². The number of nitrogens with zero attached hydrogens (tertiary/aromatic N) is 1. The molecule has 0 unspecified atom stereocenters. The summed E-state index contributed by atoms with van der Waals surface area (Å²) in [6, 6.07) is 14.8. The van der Waals surface area contributed by atoms with Crippen LogP contribution in [0.5, 0.6) is 0 Å². The average molecular weight is 300 g/mol. The molecule has 0 aliphatic heterocycles. The second-order valence-electron chi connectivity index (χ2n) is 4.69. The van der Waals surface area contributed by atoms with E-state index in [1.807, 2.05) is 18.2 Å². The van der Waals surface area contributed by atoms with Crippen molar-refractivity contribution in [3.63, 3.8) is 0 Å². The number of likely N-dealkylation sites (N-methyl/N-ethyl adjacent to an activating group) is 1. The van der Waals surface area contributed by atoms with Crippen LogP contribution in [0, 0.1) is 5.82 Å². The Bertz CT molecular complexity index is 641. The van der Waals surface area contributed by atoms with E-state index in [-0.39, 0.29) is 12.4 Å². The van der Waals surface area contributed by atoms with Gasteiger partial charge in [-0.25, -0.2) is 4.39 Å². The Morgan fingerprint density at radius 2 is 1.68 bits per heavy atom. The number of hydrogen-bond donors (Lipinski definition) is 1. The SMILES string of the molecule is CCN(C(=O)C(=O)NCc1ccc(F)cc1)c1ccccc1. The highest BCUT2D eigenvalue weighted by atomic mass is 19.1. The van der Waals surface area contributed by atoms with Crippen molar-refractivity contribution in [2.75, 3.05) is 11.4 Å². The monoisotopic (exact) mass is 300 g/mol. The largest absolute Gasteiger partial charge is 0.344 e. The van der Waals surface area contributed by atoms with Crippen molar-refractivity contribution in [1.82, 2.24) is 5.32 Å². The fourth-order valence-electron chi connectivity index (χ4n) is 2.03. The molecule has 0 aliphatic carbocycles. The lowest BCUT2D eigenvalue weighted by Crippen LogP contribution is -2.42. The van der Waals surface area contributed by atoms with Gasteiger partial charge < -0.3 is 10.2 Å². The molecule has 5 heteroatoms. The van der Waals surface area contributed by atoms with Crippen molar-refractivity contribution in [3.05, 3.63) is 66.0 Å². The van der Waals surface area contributed by atoms with Crippen molar-refractivity contribution in [3.8, 4) is 0 Å². The molecule has 0 bridgehead atoms. The van der Waals surface area contributed by atoms with Gasteiger partial charge >= 0.3 is 11.8 Å². The van der Waals surface area contributed by atoms with Crippen LogP contribution < -0.4 is 10.2 Å². The van der Waals surface area contributed by atoms with E-state index < -0.39 is 11.8 Å². The molecule has 0 spiro atoms. The van der Waals surface area contributed by atoms with Gasteiger partial charge in [0.2, 0.25) is 0 Å². The first-order chi connectivity index (χ1) is 10.6. The van der Waals surface area contributed by atoms with Crippen LogP contribution in [-0.4, -0.2) is 18.4 Å². The van der Waals surface area contributed by atoms with Crippen LogP contribution in [0.3, 0.4) is 0 Å². The number of nitrogens with one attached hydrogen (secondary N) is 1. The molecule has 0 saturated heterocycles. The molecule has 0 aromatic heterocycles. The standard InChI is InChI=1S/C17H17FN2O2/c1-2-20(15-6-4-3-5-7-15)17(22)16(21)19-12-13-8-10-14(18)11-9-13/h3-11H,2,12H2,1H3,(H,19,21). The summed E-state index contributed by atoms with van der Waals surface area (Å²) in [5, 5.41) is 2.55. The molecule has 22 heavy (non-hydrogen) atoms. The molecule has 2 aromatic carbocycles. The molecule has 0 aliphatic rings. The molecule has 0 heterocycles. The van der Waals surface area contributed by atoms with E-state index in [0.29, 0.717) is 12.2 Å². The van der Waals surface area contributed by atoms with Gasteiger partial charge in [0.1, 0.15) is 5.82 Å². The molecule has 2 amide bonds. The molecule has 2 rings (SSSR count). The Hall–Kier alpha value is -2.69. The Labute approximate surface area is 128 Å². The second kappa shape index (κ2) is 7.36. The predicted molar refractivity (Wildman–Crippen MR) is 82.7 cm³/mol. The van der Waals surface area contributed by atoms with E-state index in [4.69, 9.17) is 0 Å². The first kappa shape index (κ1) is 15.7. The van der Waals surface area contributed by atoms with Crippen LogP contribution in [0.15, 0.2) is 54.6 Å². The first-order valence-electron chi connectivity index (χ1n) is 7.01. The van der Waals surface area contributed by atoms with Crippen LogP contribution in [0.25, 0.3) is 0 Å². The van der Waals surface area contributed by atoms with Crippen LogP contribution in [0.1, 0.15) is 12.5 Å². The molecule has 0 atom stereocenters. The molecule has 2 aromatic rings. The van der Waals surface area contributed by atoms with Gasteiger partial charge in [-0.2, -0.15) is 0 Å². The van der Waals surface area contributed by atoms with Crippen molar-refractivity contribution >= 4 is 17.5 Å². The summed E-state index contributed by atoms with van der Waals surface area (Å²) in [5.41, 5.74) is 1.40. The summed E-state index contributed by atoms with van der Waals surface area (Å²) in [6.07, 6.45) is 0. The summed E-state index contributed by atoms with van der Waals surface area (Å²) in [4.78, 5) is 25.6. The third-order valence-electron chi connectivity index (χ3n) is 3.19. The second-order valence-corrected chi connectivity index (χ2v) is 4.69. The van der Waals surface area contributed by atoms with Gasteiger partial charge in [-0.1, -0.05) is 30.3 Å². The maximum absolute atomic E-state index is 12.8. The number of hydrogen-bond acceptors (Lipinski definition) is 2. The summed E-state index contributed by atoms with van der Waals surface area (Å²) in [5.74, 6) is -1.64. The lowest BCUT2D eigenvalue weighted by atomic mass is 10.2. The first-order valence-corrected chi connectivity index (χ1v) is 7.01. The third kappa shape index (κ3) is 3.91. The smallest absolute Gasteiger partial charge is 0.316 e. The lowest BCUT2D eigenvalue weighted by Gasteiger charge is -2.20. The van der Waals surface area contributed by atoms with Gasteiger partial charge in [0.05, 0.1) is 0 Å². The summed E-state index contributed by atoms with van der Waals surface area (Å²) in [6.45, 7) is 2.38. The third-order valence-corrected chi connectivity index (χ3v) is 3.19. The highest BCUT2D eigenvalue weighted by molar-refractivity contribution is 6.40. The van der Waals surface area contributed by atoms with Crippen LogP contribution in [-0.2, 0) is 16.1 Å². The molecule has 114 valence electrons. The molecular formula is C17H17FN2O2. The van der Waals surface area contributed by atoms with Crippen molar-refractivity contribution in [2.45, 2.75) is 13.5 Å². The quantitative estimate of drug-likeness (QED) is 0.882. The molecule has 0 radical (unpaired) electrons. The molecular weight excluding hydrogens is 283 g/mol. The highest BCUT2D eigenvalue weighted by Gasteiger charge is 2.21. The fraction of sp³-hybridized carbons (Fsp3) is 0.176. The number of carbonyl (C=O) groups excluding carboxylic acids is 2. The van der Waals surface area contributed by atoms with E-state index >= 15 is 0 Å². The number of rotatable bonds is 4. The minimum absolute atomic E-state index is 0.178. The fourth-order valence-corrected chi connectivity index (χ4v) is 2.03. The summed E-state index contributed by atoms with van der Waals surface area (Å²) < 4.78 is 12.8. The van der Waals surface area contributed by atoms with Crippen molar-refractivity contribution < 1.29 is 14.0 Å². The number of para-hydroxylation sites is 1. The summed E-state index contributed by atoms with van der Waals surface area (Å²) in [7, 11) is 0. The Balaban J connectivity index is 1.99. The van der Waals surface area contributed by atoms with Gasteiger partial charge in [-0.3, -0.25) is 9.59 Å². The van der Waals surface area contributed by atoms with Gasteiger partial charge in [-0.15, -0.1) is 0 Å². The zero-order valence-corrected chi connectivity index (χ0v) is 12.3. The van der Waals surface area contributed by atoms with E-state index in [1.165, 1.54) is 17.0 Å². The minimum Gasteiger partial charge on any atom is -0.344 e. The van der Waals surface area contributed by atoms with E-state index in [2.05, 4.69) is 5.32 Å². The molecule has 0 saturated carbocycles. The molecule has 1 N–H and O–H groups in total. The van der Waals surface area contributed by atoms with Crippen LogP contribution in [0.2, 0.25) is 0 Å². The zero-order valence-electron chi connectivity index (χ0n) is 12.3. The van der Waals surface area contributed by atoms with Crippen LogP contribution >= 0.6 is 0 Å². The van der Waals surface area contributed by atoms with Gasteiger partial charge in [0.25, 0.3) is 0 Å².